The lowest BCUT2D eigenvalue weighted by atomic mass is 9.78. The first-order valence-electron chi connectivity index (χ1n) is 9.47. The van der Waals surface area contributed by atoms with E-state index in [2.05, 4.69) is 15.9 Å². The highest BCUT2D eigenvalue weighted by Gasteiger charge is 2.47. The summed E-state index contributed by atoms with van der Waals surface area (Å²) in [5.41, 5.74) is 0.104. The normalized spacial score (nSPS) is 25.3. The van der Waals surface area contributed by atoms with E-state index < -0.39 is 17.5 Å². The van der Waals surface area contributed by atoms with Gasteiger partial charge in [-0.2, -0.15) is 0 Å². The fourth-order valence-electron chi connectivity index (χ4n) is 4.13. The van der Waals surface area contributed by atoms with E-state index in [1.165, 1.54) is 7.11 Å². The van der Waals surface area contributed by atoms with Crippen molar-refractivity contribution in [3.63, 3.8) is 0 Å². The second-order valence-electron chi connectivity index (χ2n) is 7.50. The summed E-state index contributed by atoms with van der Waals surface area (Å²) in [6.07, 6.45) is 2.85. The number of rotatable bonds is 5. The highest BCUT2D eigenvalue weighted by molar-refractivity contribution is 9.10. The van der Waals surface area contributed by atoms with Crippen molar-refractivity contribution in [2.45, 2.75) is 56.5 Å². The molecule has 27 heavy (non-hydrogen) atoms. The van der Waals surface area contributed by atoms with Crippen molar-refractivity contribution in [1.82, 2.24) is 4.90 Å². The molecule has 1 saturated heterocycles. The maximum Gasteiger partial charge on any atom is 0.409 e. The third-order valence-electron chi connectivity index (χ3n) is 5.66. The first kappa shape index (κ1) is 20.6. The van der Waals surface area contributed by atoms with E-state index in [-0.39, 0.29) is 6.04 Å². The molecule has 7 heteroatoms. The number of methoxy groups -OCH3 is 1. The highest BCUT2D eigenvalue weighted by Crippen LogP contribution is 2.42. The SMILES string of the molecule is COC(=O)N(CCC1(O)CCCC2(C1)OCCO2)C(C)c1ccc(Br)cc1. The van der Waals surface area contributed by atoms with Gasteiger partial charge in [0.1, 0.15) is 0 Å². The number of benzene rings is 1. The summed E-state index contributed by atoms with van der Waals surface area (Å²) in [4.78, 5) is 14.0. The van der Waals surface area contributed by atoms with E-state index in [0.29, 0.717) is 39.0 Å². The molecule has 0 aromatic heterocycles. The molecule has 6 nitrogen and oxygen atoms in total. The van der Waals surface area contributed by atoms with E-state index >= 15 is 0 Å². The van der Waals surface area contributed by atoms with Gasteiger partial charge in [0.15, 0.2) is 5.79 Å². The van der Waals surface area contributed by atoms with Crippen molar-refractivity contribution in [2.75, 3.05) is 26.9 Å². The lowest BCUT2D eigenvalue weighted by Gasteiger charge is -2.42. The molecule has 2 unspecified atom stereocenters. The molecule has 1 saturated carbocycles. The number of carbonyl (C=O) groups is 1. The lowest BCUT2D eigenvalue weighted by Crippen LogP contribution is -2.48. The number of carbonyl (C=O) groups excluding carboxylic acids is 1. The second kappa shape index (κ2) is 8.47. The van der Waals surface area contributed by atoms with Crippen LogP contribution in [0.15, 0.2) is 28.7 Å². The molecule has 0 bridgehead atoms. The first-order valence-corrected chi connectivity index (χ1v) is 10.3. The zero-order valence-electron chi connectivity index (χ0n) is 15.9. The van der Waals surface area contributed by atoms with E-state index in [0.717, 1.165) is 22.9 Å². The number of amides is 1. The van der Waals surface area contributed by atoms with Gasteiger partial charge in [-0.25, -0.2) is 4.79 Å². The molecule has 2 fully saturated rings. The molecular formula is C20H28BrNO5. The van der Waals surface area contributed by atoms with Crippen LogP contribution in [0.4, 0.5) is 4.79 Å². The van der Waals surface area contributed by atoms with Crippen LogP contribution in [-0.2, 0) is 14.2 Å². The van der Waals surface area contributed by atoms with Gasteiger partial charge in [-0.1, -0.05) is 28.1 Å². The molecule has 1 spiro atoms. The Morgan fingerprint density at radius 1 is 1.30 bits per heavy atom. The van der Waals surface area contributed by atoms with Gasteiger partial charge < -0.3 is 24.2 Å². The average Bonchev–Trinajstić information content (AvgIpc) is 3.09. The average molecular weight is 442 g/mol. The van der Waals surface area contributed by atoms with Gasteiger partial charge in [-0.05, 0) is 43.9 Å². The number of halogens is 1. The van der Waals surface area contributed by atoms with Crippen molar-refractivity contribution in [3.05, 3.63) is 34.3 Å². The Hall–Kier alpha value is -1.15. The molecule has 1 heterocycles. The van der Waals surface area contributed by atoms with Crippen molar-refractivity contribution in [2.24, 2.45) is 0 Å². The summed E-state index contributed by atoms with van der Waals surface area (Å²) in [5.74, 6) is -0.652. The first-order chi connectivity index (χ1) is 12.9. The smallest absolute Gasteiger partial charge is 0.409 e. The predicted octanol–water partition coefficient (Wildman–Crippen LogP) is 4.02. The van der Waals surface area contributed by atoms with E-state index in [1.54, 1.807) is 4.90 Å². The minimum Gasteiger partial charge on any atom is -0.453 e. The second-order valence-corrected chi connectivity index (χ2v) is 8.42. The zero-order valence-corrected chi connectivity index (χ0v) is 17.5. The summed E-state index contributed by atoms with van der Waals surface area (Å²) in [7, 11) is 1.38. The van der Waals surface area contributed by atoms with Crippen molar-refractivity contribution in [3.8, 4) is 0 Å². The minimum absolute atomic E-state index is 0.161. The molecule has 1 aliphatic heterocycles. The van der Waals surface area contributed by atoms with E-state index in [4.69, 9.17) is 14.2 Å². The molecule has 2 atom stereocenters. The van der Waals surface area contributed by atoms with Crippen LogP contribution in [0.2, 0.25) is 0 Å². The van der Waals surface area contributed by atoms with Crippen LogP contribution in [0.3, 0.4) is 0 Å². The Kier molecular flexibility index (Phi) is 6.46. The van der Waals surface area contributed by atoms with Crippen molar-refractivity contribution >= 4 is 22.0 Å². The van der Waals surface area contributed by atoms with Crippen LogP contribution in [0.25, 0.3) is 0 Å². The molecule has 3 rings (SSSR count). The Balaban J connectivity index is 1.69. The Bertz CT molecular complexity index is 646. The largest absolute Gasteiger partial charge is 0.453 e. The zero-order chi connectivity index (χ0) is 19.5. The highest BCUT2D eigenvalue weighted by atomic mass is 79.9. The Morgan fingerprint density at radius 2 is 1.96 bits per heavy atom. The molecule has 1 N–H and O–H groups in total. The Morgan fingerprint density at radius 3 is 2.59 bits per heavy atom. The van der Waals surface area contributed by atoms with Crippen molar-refractivity contribution in [1.29, 1.82) is 0 Å². The summed E-state index contributed by atoms with van der Waals surface area (Å²) in [6.45, 7) is 3.52. The molecule has 1 amide bonds. The van der Waals surface area contributed by atoms with Crippen LogP contribution >= 0.6 is 15.9 Å². The predicted molar refractivity (Wildman–Crippen MR) is 104 cm³/mol. The quantitative estimate of drug-likeness (QED) is 0.746. The van der Waals surface area contributed by atoms with Crippen LogP contribution in [0, 0.1) is 0 Å². The van der Waals surface area contributed by atoms with Crippen molar-refractivity contribution < 1.29 is 24.1 Å². The molecule has 1 aromatic carbocycles. The van der Waals surface area contributed by atoms with E-state index in [1.807, 2.05) is 31.2 Å². The standard InChI is InChI=1S/C20H28BrNO5/c1-15(16-4-6-17(21)7-5-16)22(18(23)25-2)11-10-19(24)8-3-9-20(14-19)26-12-13-27-20/h4-7,15,24H,3,8-14H2,1-2H3. The number of aliphatic hydroxyl groups is 1. The summed E-state index contributed by atoms with van der Waals surface area (Å²) in [6, 6.07) is 7.71. The van der Waals surface area contributed by atoms with Gasteiger partial charge in [0.2, 0.25) is 0 Å². The monoisotopic (exact) mass is 441 g/mol. The van der Waals surface area contributed by atoms with Gasteiger partial charge in [0, 0.05) is 23.9 Å². The third kappa shape index (κ3) is 4.83. The van der Waals surface area contributed by atoms with Gasteiger partial charge in [0.25, 0.3) is 0 Å². The number of hydrogen-bond donors (Lipinski definition) is 1. The third-order valence-corrected chi connectivity index (χ3v) is 6.19. The molecular weight excluding hydrogens is 414 g/mol. The lowest BCUT2D eigenvalue weighted by molar-refractivity contribution is -0.219. The molecule has 150 valence electrons. The Labute approximate surface area is 168 Å². The van der Waals surface area contributed by atoms with Gasteiger partial charge in [0.05, 0.1) is 32.0 Å². The molecule has 1 aliphatic carbocycles. The maximum atomic E-state index is 12.4. The number of hydrogen-bond acceptors (Lipinski definition) is 5. The molecule has 2 aliphatic rings. The number of ether oxygens (including phenoxy) is 3. The fourth-order valence-corrected chi connectivity index (χ4v) is 4.40. The van der Waals surface area contributed by atoms with Gasteiger partial charge in [-0.3, -0.25) is 0 Å². The summed E-state index contributed by atoms with van der Waals surface area (Å²) < 4.78 is 17.6. The van der Waals surface area contributed by atoms with Crippen LogP contribution in [0.1, 0.15) is 50.6 Å². The van der Waals surface area contributed by atoms with Gasteiger partial charge in [-0.15, -0.1) is 0 Å². The maximum absolute atomic E-state index is 12.4. The fraction of sp³-hybridized carbons (Fsp3) is 0.650. The van der Waals surface area contributed by atoms with Crippen LogP contribution < -0.4 is 0 Å². The topological polar surface area (TPSA) is 68.2 Å². The van der Waals surface area contributed by atoms with E-state index in [9.17, 15) is 9.90 Å². The number of nitrogens with zero attached hydrogens (tertiary/aromatic N) is 1. The van der Waals surface area contributed by atoms with Crippen LogP contribution in [-0.4, -0.2) is 54.4 Å². The molecule has 1 aromatic rings. The summed E-state index contributed by atoms with van der Waals surface area (Å²) in [5, 5.41) is 11.1. The minimum atomic E-state index is -0.908. The summed E-state index contributed by atoms with van der Waals surface area (Å²) >= 11 is 3.43. The molecule has 0 radical (unpaired) electrons. The van der Waals surface area contributed by atoms with Gasteiger partial charge >= 0.3 is 6.09 Å². The van der Waals surface area contributed by atoms with Crippen LogP contribution in [0.5, 0.6) is 0 Å².